The number of carbonyl (C=O) groups is 1. The third-order valence-electron chi connectivity index (χ3n) is 3.52. The van der Waals surface area contributed by atoms with E-state index in [0.29, 0.717) is 18.2 Å². The molecule has 1 aliphatic rings. The number of likely N-dealkylation sites (N-methyl/N-ethyl adjacent to an activating group) is 1. The van der Waals surface area contributed by atoms with E-state index in [1.54, 1.807) is 0 Å². The molecule has 1 saturated carbocycles. The number of hydrogen-bond donors (Lipinski definition) is 1. The van der Waals surface area contributed by atoms with Gasteiger partial charge in [-0.3, -0.25) is 9.69 Å². The molecule has 0 bridgehead atoms. The standard InChI is InChI=1S/C13H25NO2/c1-2-14(9-6-10-15)11-13(16)12-7-4-3-5-8-12/h12,15H,2-11H2,1H3. The van der Waals surface area contributed by atoms with Crippen molar-refractivity contribution >= 4 is 5.78 Å². The highest BCUT2D eigenvalue weighted by atomic mass is 16.3. The maximum atomic E-state index is 12.0. The highest BCUT2D eigenvalue weighted by Gasteiger charge is 2.22. The van der Waals surface area contributed by atoms with Crippen LogP contribution < -0.4 is 0 Å². The second kappa shape index (κ2) is 7.80. The predicted molar refractivity (Wildman–Crippen MR) is 65.4 cm³/mol. The highest BCUT2D eigenvalue weighted by molar-refractivity contribution is 5.83. The van der Waals surface area contributed by atoms with Gasteiger partial charge in [0.05, 0.1) is 6.54 Å². The van der Waals surface area contributed by atoms with Gasteiger partial charge in [-0.25, -0.2) is 0 Å². The summed E-state index contributed by atoms with van der Waals surface area (Å²) in [7, 11) is 0. The van der Waals surface area contributed by atoms with Crippen LogP contribution in [0.15, 0.2) is 0 Å². The van der Waals surface area contributed by atoms with Crippen molar-refractivity contribution in [1.29, 1.82) is 0 Å². The van der Waals surface area contributed by atoms with Crippen molar-refractivity contribution < 1.29 is 9.90 Å². The Morgan fingerprint density at radius 2 is 2.00 bits per heavy atom. The van der Waals surface area contributed by atoms with Gasteiger partial charge in [-0.1, -0.05) is 26.2 Å². The monoisotopic (exact) mass is 227 g/mol. The van der Waals surface area contributed by atoms with E-state index < -0.39 is 0 Å². The first kappa shape index (κ1) is 13.7. The predicted octanol–water partition coefficient (Wildman–Crippen LogP) is 1.84. The van der Waals surface area contributed by atoms with Crippen LogP contribution in [0.4, 0.5) is 0 Å². The summed E-state index contributed by atoms with van der Waals surface area (Å²) in [5, 5.41) is 8.78. The Hall–Kier alpha value is -0.410. The molecular weight excluding hydrogens is 202 g/mol. The molecule has 0 amide bonds. The molecule has 0 aromatic carbocycles. The molecule has 0 radical (unpaired) electrons. The third kappa shape index (κ3) is 4.62. The van der Waals surface area contributed by atoms with Crippen LogP contribution in [0.2, 0.25) is 0 Å². The van der Waals surface area contributed by atoms with Gasteiger partial charge in [0.1, 0.15) is 5.78 Å². The Morgan fingerprint density at radius 3 is 2.56 bits per heavy atom. The van der Waals surface area contributed by atoms with Crippen LogP contribution in [0.1, 0.15) is 45.4 Å². The molecule has 1 rings (SSSR count). The van der Waals surface area contributed by atoms with E-state index in [4.69, 9.17) is 5.11 Å². The number of ketones is 1. The average molecular weight is 227 g/mol. The molecule has 16 heavy (non-hydrogen) atoms. The maximum absolute atomic E-state index is 12.0. The van der Waals surface area contributed by atoms with Gasteiger partial charge in [0.2, 0.25) is 0 Å². The number of aliphatic hydroxyl groups excluding tert-OH is 1. The number of rotatable bonds is 7. The summed E-state index contributed by atoms with van der Waals surface area (Å²) >= 11 is 0. The molecule has 0 unspecified atom stereocenters. The minimum Gasteiger partial charge on any atom is -0.396 e. The summed E-state index contributed by atoms with van der Waals surface area (Å²) in [5.41, 5.74) is 0. The van der Waals surface area contributed by atoms with Gasteiger partial charge >= 0.3 is 0 Å². The van der Waals surface area contributed by atoms with E-state index in [9.17, 15) is 4.79 Å². The molecular formula is C13H25NO2. The van der Waals surface area contributed by atoms with E-state index >= 15 is 0 Å². The van der Waals surface area contributed by atoms with Crippen LogP contribution >= 0.6 is 0 Å². The SMILES string of the molecule is CCN(CCCO)CC(=O)C1CCCCC1. The Kier molecular flexibility index (Phi) is 6.65. The lowest BCUT2D eigenvalue weighted by Gasteiger charge is -2.25. The topological polar surface area (TPSA) is 40.5 Å². The summed E-state index contributed by atoms with van der Waals surface area (Å²) in [6, 6.07) is 0. The van der Waals surface area contributed by atoms with Crippen molar-refractivity contribution in [2.24, 2.45) is 5.92 Å². The summed E-state index contributed by atoms with van der Waals surface area (Å²) in [6.45, 7) is 4.62. The first-order valence-electron chi connectivity index (χ1n) is 6.63. The van der Waals surface area contributed by atoms with Crippen LogP contribution in [0.3, 0.4) is 0 Å². The van der Waals surface area contributed by atoms with E-state index in [1.165, 1.54) is 19.3 Å². The normalized spacial score (nSPS) is 17.9. The number of nitrogens with zero attached hydrogens (tertiary/aromatic N) is 1. The Labute approximate surface area is 98.8 Å². The van der Waals surface area contributed by atoms with Gasteiger partial charge in [0, 0.05) is 19.1 Å². The van der Waals surface area contributed by atoms with Crippen LogP contribution in [0.5, 0.6) is 0 Å². The van der Waals surface area contributed by atoms with Gasteiger partial charge < -0.3 is 5.11 Å². The first-order valence-corrected chi connectivity index (χ1v) is 6.63. The Bertz CT molecular complexity index is 200. The molecule has 0 heterocycles. The lowest BCUT2D eigenvalue weighted by Crippen LogP contribution is -2.34. The average Bonchev–Trinajstić information content (AvgIpc) is 2.35. The van der Waals surface area contributed by atoms with Crippen LogP contribution in [-0.2, 0) is 4.79 Å². The molecule has 0 atom stereocenters. The lowest BCUT2D eigenvalue weighted by molar-refractivity contribution is -0.125. The van der Waals surface area contributed by atoms with Crippen molar-refractivity contribution in [3.8, 4) is 0 Å². The number of Topliss-reactive ketones (excluding diaryl/α,β-unsaturated/α-hetero) is 1. The van der Waals surface area contributed by atoms with E-state index in [1.807, 2.05) is 0 Å². The Morgan fingerprint density at radius 1 is 1.31 bits per heavy atom. The van der Waals surface area contributed by atoms with E-state index in [-0.39, 0.29) is 6.61 Å². The fourth-order valence-corrected chi connectivity index (χ4v) is 2.42. The highest BCUT2D eigenvalue weighted by Crippen LogP contribution is 2.24. The van der Waals surface area contributed by atoms with Crippen LogP contribution in [0.25, 0.3) is 0 Å². The zero-order chi connectivity index (χ0) is 11.8. The largest absolute Gasteiger partial charge is 0.396 e. The van der Waals surface area contributed by atoms with Crippen molar-refractivity contribution in [3.05, 3.63) is 0 Å². The summed E-state index contributed by atoms with van der Waals surface area (Å²) in [5.74, 6) is 0.733. The summed E-state index contributed by atoms with van der Waals surface area (Å²) < 4.78 is 0. The zero-order valence-electron chi connectivity index (χ0n) is 10.5. The molecule has 3 heteroatoms. The molecule has 0 aromatic rings. The second-order valence-corrected chi connectivity index (χ2v) is 4.75. The molecule has 1 fully saturated rings. The quantitative estimate of drug-likeness (QED) is 0.721. The minimum atomic E-state index is 0.216. The molecule has 0 aromatic heterocycles. The van der Waals surface area contributed by atoms with Gasteiger partial charge in [-0.05, 0) is 25.8 Å². The fourth-order valence-electron chi connectivity index (χ4n) is 2.42. The number of carbonyl (C=O) groups excluding carboxylic acids is 1. The smallest absolute Gasteiger partial charge is 0.149 e. The third-order valence-corrected chi connectivity index (χ3v) is 3.52. The molecule has 0 spiro atoms. The molecule has 1 aliphatic carbocycles. The molecule has 1 N–H and O–H groups in total. The minimum absolute atomic E-state index is 0.216. The number of hydrogen-bond acceptors (Lipinski definition) is 3. The molecule has 3 nitrogen and oxygen atoms in total. The van der Waals surface area contributed by atoms with Crippen LogP contribution in [-0.4, -0.2) is 42.0 Å². The van der Waals surface area contributed by atoms with Crippen molar-refractivity contribution in [2.75, 3.05) is 26.2 Å². The lowest BCUT2D eigenvalue weighted by atomic mass is 9.86. The number of aliphatic hydroxyl groups is 1. The summed E-state index contributed by atoms with van der Waals surface area (Å²) in [4.78, 5) is 14.2. The molecule has 0 saturated heterocycles. The van der Waals surface area contributed by atoms with Crippen LogP contribution in [0, 0.1) is 5.92 Å². The first-order chi connectivity index (χ1) is 7.77. The Balaban J connectivity index is 2.29. The van der Waals surface area contributed by atoms with E-state index in [0.717, 1.165) is 32.4 Å². The van der Waals surface area contributed by atoms with E-state index in [2.05, 4.69) is 11.8 Å². The molecule has 0 aliphatic heterocycles. The van der Waals surface area contributed by atoms with Gasteiger partial charge in [-0.2, -0.15) is 0 Å². The van der Waals surface area contributed by atoms with Crippen molar-refractivity contribution in [1.82, 2.24) is 4.90 Å². The summed E-state index contributed by atoms with van der Waals surface area (Å²) in [6.07, 6.45) is 6.70. The van der Waals surface area contributed by atoms with Crippen molar-refractivity contribution in [3.63, 3.8) is 0 Å². The van der Waals surface area contributed by atoms with Gasteiger partial charge in [-0.15, -0.1) is 0 Å². The zero-order valence-corrected chi connectivity index (χ0v) is 10.5. The van der Waals surface area contributed by atoms with Gasteiger partial charge in [0.15, 0.2) is 0 Å². The maximum Gasteiger partial charge on any atom is 0.149 e. The van der Waals surface area contributed by atoms with Gasteiger partial charge in [0.25, 0.3) is 0 Å². The van der Waals surface area contributed by atoms with Crippen molar-refractivity contribution in [2.45, 2.75) is 45.4 Å². The molecule has 94 valence electrons. The second-order valence-electron chi connectivity index (χ2n) is 4.75. The fraction of sp³-hybridized carbons (Fsp3) is 0.923.